The van der Waals surface area contributed by atoms with E-state index in [2.05, 4.69) is 5.32 Å². The van der Waals surface area contributed by atoms with E-state index in [9.17, 15) is 9.59 Å². The molecule has 7 heteroatoms. The Morgan fingerprint density at radius 1 is 1.07 bits per heavy atom. The number of hydrogen-bond donors (Lipinski definition) is 1. The molecule has 2 atom stereocenters. The summed E-state index contributed by atoms with van der Waals surface area (Å²) >= 11 is 0. The zero-order valence-corrected chi connectivity index (χ0v) is 17.1. The molecule has 0 radical (unpaired) electrons. The van der Waals surface area contributed by atoms with Crippen LogP contribution in [0, 0.1) is 5.92 Å². The molecule has 2 saturated heterocycles. The molecule has 7 nitrogen and oxygen atoms in total. The summed E-state index contributed by atoms with van der Waals surface area (Å²) in [5, 5.41) is 2.86. The van der Waals surface area contributed by atoms with Gasteiger partial charge in [0.05, 0.1) is 20.1 Å². The Kier molecular flexibility index (Phi) is 6.65. The highest BCUT2D eigenvalue weighted by atomic mass is 16.5. The van der Waals surface area contributed by atoms with Crippen LogP contribution in [-0.4, -0.2) is 68.7 Å². The fourth-order valence-corrected chi connectivity index (χ4v) is 4.28. The lowest BCUT2D eigenvalue weighted by Gasteiger charge is -2.31. The van der Waals surface area contributed by atoms with Crippen molar-refractivity contribution in [2.75, 3.05) is 46.9 Å². The molecule has 0 bridgehead atoms. The van der Waals surface area contributed by atoms with E-state index in [1.807, 2.05) is 30.0 Å². The van der Waals surface area contributed by atoms with Crippen LogP contribution in [0.4, 0.5) is 4.79 Å². The molecule has 3 rings (SSSR count). The van der Waals surface area contributed by atoms with Gasteiger partial charge < -0.3 is 24.6 Å². The van der Waals surface area contributed by atoms with E-state index in [1.165, 1.54) is 6.42 Å². The lowest BCUT2D eigenvalue weighted by molar-refractivity contribution is -0.136. The normalized spacial score (nSPS) is 22.1. The zero-order valence-electron chi connectivity index (χ0n) is 17.1. The first-order chi connectivity index (χ1) is 13.6. The predicted octanol–water partition coefficient (Wildman–Crippen LogP) is 2.46. The van der Waals surface area contributed by atoms with Gasteiger partial charge in [-0.15, -0.1) is 0 Å². The van der Waals surface area contributed by atoms with Gasteiger partial charge in [0, 0.05) is 44.2 Å². The summed E-state index contributed by atoms with van der Waals surface area (Å²) in [6, 6.07) is 5.52. The molecule has 2 aliphatic heterocycles. The molecule has 0 aliphatic carbocycles. The number of methoxy groups -OCH3 is 2. The molecule has 2 fully saturated rings. The molecule has 0 saturated carbocycles. The van der Waals surface area contributed by atoms with Gasteiger partial charge in [-0.25, -0.2) is 4.79 Å². The summed E-state index contributed by atoms with van der Waals surface area (Å²) in [5.41, 5.74) is 0.920. The van der Waals surface area contributed by atoms with E-state index in [0.29, 0.717) is 19.6 Å². The standard InChI is InChI=1S/C21H31N3O4/c1-4-22-21(26)24-13-17(16-12-15(27-2)8-9-19(16)28-3)18(14-24)20(25)23-10-6-5-7-11-23/h8-9,12,17-18H,4-7,10-11,13-14H2,1-3H3,(H,22,26). The molecule has 3 amide bonds. The number of ether oxygens (including phenoxy) is 2. The van der Waals surface area contributed by atoms with Crippen LogP contribution in [0.1, 0.15) is 37.7 Å². The van der Waals surface area contributed by atoms with Crippen molar-refractivity contribution in [3.05, 3.63) is 23.8 Å². The number of amides is 3. The molecule has 0 spiro atoms. The monoisotopic (exact) mass is 389 g/mol. The van der Waals surface area contributed by atoms with E-state index in [-0.39, 0.29) is 23.8 Å². The van der Waals surface area contributed by atoms with Gasteiger partial charge in [-0.3, -0.25) is 4.79 Å². The Morgan fingerprint density at radius 3 is 2.46 bits per heavy atom. The third kappa shape index (κ3) is 4.18. The number of urea groups is 1. The van der Waals surface area contributed by atoms with E-state index < -0.39 is 0 Å². The Hall–Kier alpha value is -2.44. The van der Waals surface area contributed by atoms with E-state index in [1.54, 1.807) is 19.1 Å². The van der Waals surface area contributed by atoms with Gasteiger partial charge >= 0.3 is 6.03 Å². The van der Waals surface area contributed by atoms with Gasteiger partial charge in [-0.1, -0.05) is 0 Å². The number of rotatable bonds is 5. The topological polar surface area (TPSA) is 71.1 Å². The van der Waals surface area contributed by atoms with Gasteiger partial charge in [0.1, 0.15) is 11.5 Å². The maximum Gasteiger partial charge on any atom is 0.317 e. The largest absolute Gasteiger partial charge is 0.497 e. The average Bonchev–Trinajstić information content (AvgIpc) is 3.19. The van der Waals surface area contributed by atoms with Crippen molar-refractivity contribution in [1.82, 2.24) is 15.1 Å². The molecular formula is C21H31N3O4. The van der Waals surface area contributed by atoms with Gasteiger partial charge in [-0.05, 0) is 44.4 Å². The molecule has 1 aromatic carbocycles. The van der Waals surface area contributed by atoms with Crippen LogP contribution in [0.5, 0.6) is 11.5 Å². The molecule has 154 valence electrons. The summed E-state index contributed by atoms with van der Waals surface area (Å²) in [5.74, 6) is 1.18. The van der Waals surface area contributed by atoms with Crippen LogP contribution in [0.3, 0.4) is 0 Å². The van der Waals surface area contributed by atoms with Crippen molar-refractivity contribution in [2.24, 2.45) is 5.92 Å². The molecular weight excluding hydrogens is 358 g/mol. The molecule has 0 aromatic heterocycles. The first kappa shape index (κ1) is 20.3. The zero-order chi connectivity index (χ0) is 20.1. The Bertz CT molecular complexity index is 703. The van der Waals surface area contributed by atoms with Crippen LogP contribution in [-0.2, 0) is 4.79 Å². The van der Waals surface area contributed by atoms with Crippen molar-refractivity contribution < 1.29 is 19.1 Å². The van der Waals surface area contributed by atoms with E-state index in [4.69, 9.17) is 9.47 Å². The highest BCUT2D eigenvalue weighted by Crippen LogP contribution is 2.40. The number of nitrogens with zero attached hydrogens (tertiary/aromatic N) is 2. The predicted molar refractivity (Wildman–Crippen MR) is 107 cm³/mol. The minimum Gasteiger partial charge on any atom is -0.497 e. The molecule has 1 N–H and O–H groups in total. The summed E-state index contributed by atoms with van der Waals surface area (Å²) in [6.45, 7) is 4.98. The van der Waals surface area contributed by atoms with Crippen molar-refractivity contribution >= 4 is 11.9 Å². The average molecular weight is 389 g/mol. The van der Waals surface area contributed by atoms with Gasteiger partial charge in [0.25, 0.3) is 0 Å². The Balaban J connectivity index is 1.92. The maximum atomic E-state index is 13.4. The van der Waals surface area contributed by atoms with Crippen LogP contribution in [0.2, 0.25) is 0 Å². The summed E-state index contributed by atoms with van der Waals surface area (Å²) < 4.78 is 11.0. The maximum absolute atomic E-state index is 13.4. The van der Waals surface area contributed by atoms with E-state index in [0.717, 1.165) is 43.0 Å². The van der Waals surface area contributed by atoms with Crippen molar-refractivity contribution in [3.63, 3.8) is 0 Å². The second-order valence-electron chi connectivity index (χ2n) is 7.45. The SMILES string of the molecule is CCNC(=O)N1CC(C(=O)N2CCCCC2)C(c2cc(OC)ccc2OC)C1. The highest BCUT2D eigenvalue weighted by Gasteiger charge is 2.43. The van der Waals surface area contributed by atoms with Gasteiger partial charge in [-0.2, -0.15) is 0 Å². The number of nitrogens with one attached hydrogen (secondary N) is 1. The van der Waals surface area contributed by atoms with E-state index >= 15 is 0 Å². The third-order valence-corrected chi connectivity index (χ3v) is 5.76. The van der Waals surface area contributed by atoms with Gasteiger partial charge in [0.2, 0.25) is 5.91 Å². The molecule has 2 unspecified atom stereocenters. The summed E-state index contributed by atoms with van der Waals surface area (Å²) in [7, 11) is 3.25. The Labute approximate surface area is 167 Å². The minimum absolute atomic E-state index is 0.122. The van der Waals surface area contributed by atoms with Crippen LogP contribution >= 0.6 is 0 Å². The second kappa shape index (κ2) is 9.17. The number of carbonyl (C=O) groups is 2. The van der Waals surface area contributed by atoms with Crippen molar-refractivity contribution in [3.8, 4) is 11.5 Å². The number of likely N-dealkylation sites (tertiary alicyclic amines) is 2. The van der Waals surface area contributed by atoms with Crippen LogP contribution in [0.15, 0.2) is 18.2 Å². The number of carbonyl (C=O) groups excluding carboxylic acids is 2. The van der Waals surface area contributed by atoms with Gasteiger partial charge in [0.15, 0.2) is 0 Å². The Morgan fingerprint density at radius 2 is 1.82 bits per heavy atom. The lowest BCUT2D eigenvalue weighted by atomic mass is 9.86. The van der Waals surface area contributed by atoms with Crippen LogP contribution in [0.25, 0.3) is 0 Å². The third-order valence-electron chi connectivity index (χ3n) is 5.76. The highest BCUT2D eigenvalue weighted by molar-refractivity contribution is 5.83. The van der Waals surface area contributed by atoms with Crippen molar-refractivity contribution in [1.29, 1.82) is 0 Å². The molecule has 2 aliphatic rings. The minimum atomic E-state index is -0.276. The second-order valence-corrected chi connectivity index (χ2v) is 7.45. The lowest BCUT2D eigenvalue weighted by Crippen LogP contribution is -2.43. The molecule has 1 aromatic rings. The molecule has 28 heavy (non-hydrogen) atoms. The molecule has 2 heterocycles. The summed E-state index contributed by atoms with van der Waals surface area (Å²) in [6.07, 6.45) is 3.27. The fourth-order valence-electron chi connectivity index (χ4n) is 4.28. The first-order valence-corrected chi connectivity index (χ1v) is 10.1. The van der Waals surface area contributed by atoms with Crippen LogP contribution < -0.4 is 14.8 Å². The number of benzene rings is 1. The number of piperidine rings is 1. The first-order valence-electron chi connectivity index (χ1n) is 10.1. The smallest absolute Gasteiger partial charge is 0.317 e. The number of hydrogen-bond acceptors (Lipinski definition) is 4. The quantitative estimate of drug-likeness (QED) is 0.840. The summed E-state index contributed by atoms with van der Waals surface area (Å²) in [4.78, 5) is 29.6. The van der Waals surface area contributed by atoms with Crippen molar-refractivity contribution in [2.45, 2.75) is 32.1 Å². The fraction of sp³-hybridized carbons (Fsp3) is 0.619.